The van der Waals surface area contributed by atoms with Crippen LogP contribution in [0.3, 0.4) is 0 Å². The molecule has 2 aromatic carbocycles. The second kappa shape index (κ2) is 24.3. The molecule has 0 saturated carbocycles. The molecule has 0 spiro atoms. The predicted octanol–water partition coefficient (Wildman–Crippen LogP) is 6.00. The molecule has 2 aromatic rings. The van der Waals surface area contributed by atoms with Gasteiger partial charge in [0.25, 0.3) is 5.09 Å². The van der Waals surface area contributed by atoms with Crippen molar-refractivity contribution in [2.45, 2.75) is 112 Å². The number of hydrogen-bond donors (Lipinski definition) is 2. The van der Waals surface area contributed by atoms with Crippen LogP contribution in [0.2, 0.25) is 0 Å². The van der Waals surface area contributed by atoms with E-state index in [-0.39, 0.29) is 26.2 Å². The molecule has 0 aliphatic carbocycles. The molecule has 0 fully saturated rings. The van der Waals surface area contributed by atoms with E-state index in [4.69, 9.17) is 4.74 Å². The molecule has 252 valence electrons. The first-order valence-electron chi connectivity index (χ1n) is 16.0. The minimum Gasteiger partial charge on any atom is -0.480 e. The maximum atomic E-state index is 13.0. The lowest BCUT2D eigenvalue weighted by Gasteiger charge is -2.36. The molecule has 1 heterocycles. The maximum Gasteiger partial charge on any atom is 0.326 e. The highest BCUT2D eigenvalue weighted by atomic mass is 16.9. The van der Waals surface area contributed by atoms with Crippen molar-refractivity contribution in [3.8, 4) is 0 Å². The third-order valence-electron chi connectivity index (χ3n) is 6.65. The zero-order chi connectivity index (χ0) is 34.2. The average Bonchev–Trinajstić information content (AvgIpc) is 3.05. The number of carboxylic acids is 1. The molecule has 3 rings (SSSR count). The summed E-state index contributed by atoms with van der Waals surface area (Å²) in [5, 5.41) is 21.7. The van der Waals surface area contributed by atoms with Gasteiger partial charge < -0.3 is 19.6 Å². The van der Waals surface area contributed by atoms with Crippen molar-refractivity contribution >= 4 is 17.8 Å². The van der Waals surface area contributed by atoms with Crippen LogP contribution < -0.4 is 5.32 Å². The fourth-order valence-electron chi connectivity index (χ4n) is 4.49. The average molecular weight is 632 g/mol. The Bertz CT molecular complexity index is 1130. The molecule has 11 nitrogen and oxygen atoms in total. The van der Waals surface area contributed by atoms with Gasteiger partial charge in [-0.1, -0.05) is 95.6 Å². The van der Waals surface area contributed by atoms with Gasteiger partial charge in [0.1, 0.15) is 12.1 Å². The number of amides is 1. The maximum absolute atomic E-state index is 13.0. The fraction of sp³-hybridized carbons (Fsp3) is 0.559. The van der Waals surface area contributed by atoms with Crippen molar-refractivity contribution in [3.63, 3.8) is 0 Å². The Morgan fingerprint density at radius 1 is 0.933 bits per heavy atom. The summed E-state index contributed by atoms with van der Waals surface area (Å²) in [6.07, 6.45) is 4.28. The number of aliphatic carboxylic acids is 1. The van der Waals surface area contributed by atoms with Crippen LogP contribution in [-0.4, -0.2) is 64.3 Å². The van der Waals surface area contributed by atoms with E-state index >= 15 is 0 Å². The Morgan fingerprint density at radius 3 is 2.09 bits per heavy atom. The molecule has 3 atom stereocenters. The van der Waals surface area contributed by atoms with Gasteiger partial charge in [-0.05, 0) is 56.2 Å². The summed E-state index contributed by atoms with van der Waals surface area (Å²) in [5.41, 5.74) is 3.26. The quantitative estimate of drug-likeness (QED) is 0.111. The molecule has 0 saturated heterocycles. The molecule has 11 heteroatoms. The highest BCUT2D eigenvalue weighted by Gasteiger charge is 2.36. The fourth-order valence-corrected chi connectivity index (χ4v) is 4.49. The van der Waals surface area contributed by atoms with Crippen LogP contribution in [0.1, 0.15) is 90.8 Å². The molecule has 0 bridgehead atoms. The largest absolute Gasteiger partial charge is 0.480 e. The summed E-state index contributed by atoms with van der Waals surface area (Å²) in [5.74, 6) is -2.02. The smallest absolute Gasteiger partial charge is 0.326 e. The Kier molecular flexibility index (Phi) is 22.2. The van der Waals surface area contributed by atoms with Gasteiger partial charge in [-0.3, -0.25) is 14.9 Å². The molecule has 1 amide bonds. The van der Waals surface area contributed by atoms with Gasteiger partial charge in [-0.15, -0.1) is 10.1 Å². The lowest BCUT2D eigenvalue weighted by Crippen LogP contribution is -2.56. The number of carbonyl (C=O) groups excluding carboxylic acids is 2. The van der Waals surface area contributed by atoms with Gasteiger partial charge in [0.15, 0.2) is 0 Å². The van der Waals surface area contributed by atoms with E-state index < -0.39 is 41.1 Å². The molecule has 1 aliphatic heterocycles. The van der Waals surface area contributed by atoms with E-state index in [0.29, 0.717) is 19.3 Å². The highest BCUT2D eigenvalue weighted by molar-refractivity contribution is 5.88. The number of carboxylic acid groups (broad SMARTS) is 1. The first-order valence-corrected chi connectivity index (χ1v) is 16.0. The van der Waals surface area contributed by atoms with E-state index in [2.05, 4.69) is 47.4 Å². The van der Waals surface area contributed by atoms with Crippen LogP contribution in [0.15, 0.2) is 54.6 Å². The van der Waals surface area contributed by atoms with Crippen LogP contribution in [0.4, 0.5) is 0 Å². The van der Waals surface area contributed by atoms with Crippen molar-refractivity contribution in [1.29, 1.82) is 0 Å². The number of carbonyl (C=O) groups is 3. The normalized spacial score (nSPS) is 14.3. The van der Waals surface area contributed by atoms with Gasteiger partial charge in [-0.25, -0.2) is 4.79 Å². The number of benzene rings is 2. The first kappa shape index (κ1) is 41.0. The Balaban J connectivity index is 0.00000125. The molecule has 45 heavy (non-hydrogen) atoms. The van der Waals surface area contributed by atoms with Crippen molar-refractivity contribution in [2.75, 3.05) is 13.2 Å². The summed E-state index contributed by atoms with van der Waals surface area (Å²) >= 11 is 0. The topological polar surface area (TPSA) is 148 Å². The van der Waals surface area contributed by atoms with Crippen molar-refractivity contribution in [3.05, 3.63) is 81.4 Å². The predicted molar refractivity (Wildman–Crippen MR) is 175 cm³/mol. The summed E-state index contributed by atoms with van der Waals surface area (Å²) in [4.78, 5) is 52.5. The van der Waals surface area contributed by atoms with Gasteiger partial charge in [0.05, 0.1) is 19.3 Å². The molecular weight excluding hydrogens is 578 g/mol. The Hall–Kier alpha value is -3.99. The number of unbranched alkanes of at least 4 members (excludes halogenated alkanes) is 2. The summed E-state index contributed by atoms with van der Waals surface area (Å²) < 4.78 is 5.17. The second-order valence-corrected chi connectivity index (χ2v) is 9.92. The molecule has 2 N–H and O–H groups in total. The van der Waals surface area contributed by atoms with Crippen molar-refractivity contribution < 1.29 is 34.2 Å². The molecule has 1 aliphatic rings. The number of esters is 1. The number of rotatable bonds is 14. The van der Waals surface area contributed by atoms with Gasteiger partial charge in [0.2, 0.25) is 5.91 Å². The third kappa shape index (κ3) is 16.1. The van der Waals surface area contributed by atoms with E-state index in [1.165, 1.54) is 23.3 Å². The number of nitrogens with one attached hydrogen (secondary N) is 1. The summed E-state index contributed by atoms with van der Waals surface area (Å²) in [7, 11) is 0. The monoisotopic (exact) mass is 631 g/mol. The minimum atomic E-state index is -1.07. The van der Waals surface area contributed by atoms with E-state index in [0.717, 1.165) is 11.1 Å². The van der Waals surface area contributed by atoms with Crippen LogP contribution in [-0.2, 0) is 43.3 Å². The lowest BCUT2D eigenvalue weighted by atomic mass is 9.93. The van der Waals surface area contributed by atoms with Crippen LogP contribution in [0.5, 0.6) is 0 Å². The molecule has 0 aromatic heterocycles. The number of hydrogen-bond acceptors (Lipinski definition) is 8. The summed E-state index contributed by atoms with van der Waals surface area (Å²) in [6.45, 7) is 13.7. The van der Waals surface area contributed by atoms with Crippen LogP contribution in [0.25, 0.3) is 0 Å². The third-order valence-corrected chi connectivity index (χ3v) is 6.65. The van der Waals surface area contributed by atoms with Crippen LogP contribution >= 0.6 is 0 Å². The molecule has 3 unspecified atom stereocenters. The standard InChI is InChI=1S/C21H29N3O8.C9H12.2C2H6/c1-14(22-15(2)21(28)31-10-6-3-7-11-32-24(29)30)19(25)23-13-17-9-5-4-8-16(17)12-18(23)20(26)27;1-2-6-9-7-4-3-5-8-9;2*1-2/h4-5,8-9,14-15,18,22H,3,6-7,10-13H2,1-2H3,(H,26,27);3-5,7-8H,2,6H2,1H3;2*1-2H3. The van der Waals surface area contributed by atoms with Gasteiger partial charge in [0, 0.05) is 13.0 Å². The van der Waals surface area contributed by atoms with Gasteiger partial charge >= 0.3 is 11.9 Å². The first-order chi connectivity index (χ1) is 21.6. The summed E-state index contributed by atoms with van der Waals surface area (Å²) in [6, 6.07) is 15.5. The zero-order valence-corrected chi connectivity index (χ0v) is 28.0. The van der Waals surface area contributed by atoms with E-state index in [1.54, 1.807) is 13.8 Å². The molecular formula is C34H53N3O8. The second-order valence-electron chi connectivity index (χ2n) is 9.92. The van der Waals surface area contributed by atoms with E-state index in [9.17, 15) is 29.6 Å². The number of fused-ring (bicyclic) bond motifs is 1. The van der Waals surface area contributed by atoms with Crippen molar-refractivity contribution in [1.82, 2.24) is 10.2 Å². The number of aryl methyl sites for hydroxylation is 1. The number of nitrogens with zero attached hydrogens (tertiary/aromatic N) is 2. The Labute approximate surface area is 268 Å². The Morgan fingerprint density at radius 2 is 1.51 bits per heavy atom. The zero-order valence-electron chi connectivity index (χ0n) is 28.0. The van der Waals surface area contributed by atoms with Crippen molar-refractivity contribution in [2.24, 2.45) is 0 Å². The SMILES string of the molecule is CC.CC.CC(NC(C)C(=O)N1Cc2ccccc2CC1C(=O)O)C(=O)OCCCCCO[N+](=O)[O-].CCCc1ccccc1. The lowest BCUT2D eigenvalue weighted by molar-refractivity contribution is -0.757. The van der Waals surface area contributed by atoms with Gasteiger partial charge in [-0.2, -0.15) is 0 Å². The number of ether oxygens (including phenoxy) is 1. The van der Waals surface area contributed by atoms with Crippen LogP contribution in [0, 0.1) is 10.1 Å². The molecule has 0 radical (unpaired) electrons. The minimum absolute atomic E-state index is 0.00313. The highest BCUT2D eigenvalue weighted by Crippen LogP contribution is 2.24. The van der Waals surface area contributed by atoms with E-state index in [1.807, 2.05) is 52.0 Å².